The number of nitrogen functional groups attached to an aromatic ring is 1. The molecule has 1 aliphatic rings. The summed E-state index contributed by atoms with van der Waals surface area (Å²) in [5.41, 5.74) is 8.01. The Morgan fingerprint density at radius 3 is 2.73 bits per heavy atom. The molecule has 1 aromatic heterocycles. The Bertz CT molecular complexity index is 715. The zero-order chi connectivity index (χ0) is 15.5. The fraction of sp³-hybridized carbons (Fsp3) is 0.389. The van der Waals surface area contributed by atoms with E-state index in [4.69, 9.17) is 10.5 Å². The van der Waals surface area contributed by atoms with Gasteiger partial charge in [-0.3, -0.25) is 4.79 Å². The summed E-state index contributed by atoms with van der Waals surface area (Å²) in [5.74, 6) is 0.822. The summed E-state index contributed by atoms with van der Waals surface area (Å²) >= 11 is 0. The smallest absolute Gasteiger partial charge is 0.274 e. The van der Waals surface area contributed by atoms with Gasteiger partial charge in [-0.15, -0.1) is 0 Å². The summed E-state index contributed by atoms with van der Waals surface area (Å²) in [5, 5.41) is 0. The fourth-order valence-electron chi connectivity index (χ4n) is 3.24. The molecule has 0 spiro atoms. The van der Waals surface area contributed by atoms with Crippen molar-refractivity contribution in [3.05, 3.63) is 46.8 Å². The lowest BCUT2D eigenvalue weighted by molar-refractivity contribution is 0.340. The summed E-state index contributed by atoms with van der Waals surface area (Å²) in [7, 11) is 0. The van der Waals surface area contributed by atoms with Gasteiger partial charge in [0.1, 0.15) is 5.75 Å². The van der Waals surface area contributed by atoms with Crippen LogP contribution in [0.1, 0.15) is 38.6 Å². The third kappa shape index (κ3) is 2.73. The first-order valence-corrected chi connectivity index (χ1v) is 7.95. The monoisotopic (exact) mass is 298 g/mol. The van der Waals surface area contributed by atoms with Crippen LogP contribution < -0.4 is 16.0 Å². The molecule has 116 valence electrons. The minimum Gasteiger partial charge on any atom is -0.494 e. The van der Waals surface area contributed by atoms with Crippen molar-refractivity contribution in [1.82, 2.24) is 4.57 Å². The molecule has 0 bridgehead atoms. The van der Waals surface area contributed by atoms with Gasteiger partial charge < -0.3 is 15.0 Å². The fourth-order valence-corrected chi connectivity index (χ4v) is 3.24. The first kappa shape index (κ1) is 14.7. The zero-order valence-corrected chi connectivity index (χ0v) is 12.9. The Kier molecular flexibility index (Phi) is 4.18. The molecule has 0 aliphatic heterocycles. The number of rotatable bonds is 4. The van der Waals surface area contributed by atoms with Gasteiger partial charge in [-0.05, 0) is 44.0 Å². The predicted octanol–water partition coefficient (Wildman–Crippen LogP) is 3.61. The topological polar surface area (TPSA) is 57.2 Å². The van der Waals surface area contributed by atoms with E-state index in [1.54, 1.807) is 6.07 Å². The van der Waals surface area contributed by atoms with Gasteiger partial charge in [-0.1, -0.05) is 25.0 Å². The van der Waals surface area contributed by atoms with E-state index in [9.17, 15) is 4.79 Å². The van der Waals surface area contributed by atoms with Gasteiger partial charge in [0.2, 0.25) is 0 Å². The standard InChI is InChI=1S/C18H22N2O2/c1-2-22-15-9-5-6-13(12-15)17-11-10-16(19)18(21)20(17)14-7-3-4-8-14/h5-6,9-12,14H,2-4,7-8,19H2,1H3. The maximum absolute atomic E-state index is 12.6. The first-order valence-electron chi connectivity index (χ1n) is 7.95. The van der Waals surface area contributed by atoms with Crippen LogP contribution in [0.15, 0.2) is 41.2 Å². The highest BCUT2D eigenvalue weighted by atomic mass is 16.5. The lowest BCUT2D eigenvalue weighted by atomic mass is 10.1. The first-order chi connectivity index (χ1) is 10.7. The van der Waals surface area contributed by atoms with Crippen LogP contribution in [0.4, 0.5) is 5.69 Å². The van der Waals surface area contributed by atoms with Crippen LogP contribution >= 0.6 is 0 Å². The van der Waals surface area contributed by atoms with E-state index in [1.807, 2.05) is 41.8 Å². The number of nitrogens with zero attached hydrogens (tertiary/aromatic N) is 1. The van der Waals surface area contributed by atoms with E-state index in [1.165, 1.54) is 12.8 Å². The Labute approximate surface area is 130 Å². The lowest BCUT2D eigenvalue weighted by Gasteiger charge is -2.20. The number of anilines is 1. The van der Waals surface area contributed by atoms with Crippen LogP contribution in [-0.2, 0) is 0 Å². The van der Waals surface area contributed by atoms with E-state index in [0.717, 1.165) is 29.8 Å². The predicted molar refractivity (Wildman–Crippen MR) is 89.2 cm³/mol. The Morgan fingerprint density at radius 2 is 2.00 bits per heavy atom. The lowest BCUT2D eigenvalue weighted by Crippen LogP contribution is -2.27. The SMILES string of the molecule is CCOc1cccc(-c2ccc(N)c(=O)n2C2CCCC2)c1. The number of hydrogen-bond acceptors (Lipinski definition) is 3. The zero-order valence-electron chi connectivity index (χ0n) is 12.9. The number of aromatic nitrogens is 1. The number of pyridine rings is 1. The van der Waals surface area contributed by atoms with Gasteiger partial charge >= 0.3 is 0 Å². The highest BCUT2D eigenvalue weighted by Gasteiger charge is 2.22. The molecule has 2 aromatic rings. The maximum atomic E-state index is 12.6. The van der Waals surface area contributed by atoms with E-state index in [2.05, 4.69) is 0 Å². The van der Waals surface area contributed by atoms with Gasteiger partial charge in [-0.25, -0.2) is 0 Å². The van der Waals surface area contributed by atoms with E-state index < -0.39 is 0 Å². The molecule has 0 radical (unpaired) electrons. The van der Waals surface area contributed by atoms with E-state index in [-0.39, 0.29) is 11.6 Å². The number of benzene rings is 1. The second kappa shape index (κ2) is 6.26. The summed E-state index contributed by atoms with van der Waals surface area (Å²) in [4.78, 5) is 12.6. The Morgan fingerprint density at radius 1 is 1.23 bits per heavy atom. The third-order valence-electron chi connectivity index (χ3n) is 4.28. The van der Waals surface area contributed by atoms with Crippen LogP contribution in [0.2, 0.25) is 0 Å². The van der Waals surface area contributed by atoms with Gasteiger partial charge in [0.05, 0.1) is 18.0 Å². The van der Waals surface area contributed by atoms with Crippen molar-refractivity contribution in [1.29, 1.82) is 0 Å². The minimum absolute atomic E-state index is 0.0776. The summed E-state index contributed by atoms with van der Waals surface area (Å²) in [6, 6.07) is 11.8. The van der Waals surface area contributed by atoms with Crippen LogP contribution in [0.5, 0.6) is 5.75 Å². The molecule has 0 saturated heterocycles. The van der Waals surface area contributed by atoms with Crippen LogP contribution in [-0.4, -0.2) is 11.2 Å². The molecule has 1 fully saturated rings. The molecule has 0 unspecified atom stereocenters. The second-order valence-electron chi connectivity index (χ2n) is 5.75. The van der Waals surface area contributed by atoms with Crippen molar-refractivity contribution in [3.8, 4) is 17.0 Å². The van der Waals surface area contributed by atoms with Crippen molar-refractivity contribution in [2.24, 2.45) is 0 Å². The molecule has 4 heteroatoms. The molecule has 0 atom stereocenters. The van der Waals surface area contributed by atoms with Crippen LogP contribution in [0.3, 0.4) is 0 Å². The number of ether oxygens (including phenoxy) is 1. The summed E-state index contributed by atoms with van der Waals surface area (Å²) in [6.07, 6.45) is 4.43. The normalized spacial score (nSPS) is 15.1. The molecular formula is C18H22N2O2. The van der Waals surface area contributed by atoms with Crippen molar-refractivity contribution >= 4 is 5.69 Å². The second-order valence-corrected chi connectivity index (χ2v) is 5.75. The average Bonchev–Trinajstić information content (AvgIpc) is 3.04. The van der Waals surface area contributed by atoms with Crippen LogP contribution in [0, 0.1) is 0 Å². The Balaban J connectivity index is 2.12. The largest absolute Gasteiger partial charge is 0.494 e. The highest BCUT2D eigenvalue weighted by molar-refractivity contribution is 5.63. The summed E-state index contributed by atoms with van der Waals surface area (Å²) < 4.78 is 7.46. The molecule has 1 heterocycles. The maximum Gasteiger partial charge on any atom is 0.274 e. The Hall–Kier alpha value is -2.23. The molecule has 22 heavy (non-hydrogen) atoms. The van der Waals surface area contributed by atoms with Crippen LogP contribution in [0.25, 0.3) is 11.3 Å². The molecule has 1 aliphatic carbocycles. The molecule has 4 nitrogen and oxygen atoms in total. The average molecular weight is 298 g/mol. The van der Waals surface area contributed by atoms with Gasteiger partial charge in [0, 0.05) is 11.6 Å². The molecule has 1 aromatic carbocycles. The molecule has 1 saturated carbocycles. The van der Waals surface area contributed by atoms with Crippen molar-refractivity contribution in [2.45, 2.75) is 38.6 Å². The molecule has 3 rings (SSSR count). The highest BCUT2D eigenvalue weighted by Crippen LogP contribution is 2.33. The van der Waals surface area contributed by atoms with Gasteiger partial charge in [-0.2, -0.15) is 0 Å². The minimum atomic E-state index is -0.0776. The van der Waals surface area contributed by atoms with E-state index in [0.29, 0.717) is 12.3 Å². The van der Waals surface area contributed by atoms with E-state index >= 15 is 0 Å². The van der Waals surface area contributed by atoms with Crippen molar-refractivity contribution < 1.29 is 4.74 Å². The third-order valence-corrected chi connectivity index (χ3v) is 4.28. The van der Waals surface area contributed by atoms with Gasteiger partial charge in [0.15, 0.2) is 0 Å². The molecule has 0 amide bonds. The van der Waals surface area contributed by atoms with Crippen molar-refractivity contribution in [3.63, 3.8) is 0 Å². The number of hydrogen-bond donors (Lipinski definition) is 1. The number of nitrogens with two attached hydrogens (primary N) is 1. The molecule has 2 N–H and O–H groups in total. The molecular weight excluding hydrogens is 276 g/mol. The van der Waals surface area contributed by atoms with Crippen molar-refractivity contribution in [2.75, 3.05) is 12.3 Å². The van der Waals surface area contributed by atoms with Gasteiger partial charge in [0.25, 0.3) is 5.56 Å². The summed E-state index contributed by atoms with van der Waals surface area (Å²) in [6.45, 7) is 2.59. The quantitative estimate of drug-likeness (QED) is 0.938.